The van der Waals surface area contributed by atoms with Gasteiger partial charge >= 0.3 is 5.97 Å². The van der Waals surface area contributed by atoms with Crippen molar-refractivity contribution in [3.05, 3.63) is 35.9 Å². The Balaban J connectivity index is 2.25. The van der Waals surface area contributed by atoms with Gasteiger partial charge in [0.2, 0.25) is 0 Å². The average Bonchev–Trinajstić information content (AvgIpc) is 2.39. The largest absolute Gasteiger partial charge is 0.459 e. The number of benzene rings is 1. The number of hydrogen-bond donors (Lipinski definition) is 0. The number of carbonyl (C=O) groups excluding carboxylic acids is 1. The van der Waals surface area contributed by atoms with Crippen LogP contribution in [0.25, 0.3) is 0 Å². The molecule has 0 aliphatic carbocycles. The van der Waals surface area contributed by atoms with Gasteiger partial charge in [-0.3, -0.25) is 4.79 Å². The van der Waals surface area contributed by atoms with Gasteiger partial charge in [-0.2, -0.15) is 0 Å². The summed E-state index contributed by atoms with van der Waals surface area (Å²) in [5.41, 5.74) is 1.09. The zero-order valence-electron chi connectivity index (χ0n) is 10.6. The van der Waals surface area contributed by atoms with E-state index in [-0.39, 0.29) is 18.0 Å². The molecule has 0 unspecified atom stereocenters. The van der Waals surface area contributed by atoms with Crippen LogP contribution in [-0.4, -0.2) is 24.6 Å². The van der Waals surface area contributed by atoms with Crippen LogP contribution in [0, 0.1) is 0 Å². The molecule has 0 bridgehead atoms. The van der Waals surface area contributed by atoms with Gasteiger partial charge in [0.05, 0.1) is 19.1 Å². The highest BCUT2D eigenvalue weighted by molar-refractivity contribution is 6.18. The van der Waals surface area contributed by atoms with E-state index < -0.39 is 0 Å². The molecule has 1 aromatic rings. The van der Waals surface area contributed by atoms with Crippen LogP contribution in [0.15, 0.2) is 30.3 Å². The fraction of sp³-hybridized carbons (Fsp3) is 0.500. The summed E-state index contributed by atoms with van der Waals surface area (Å²) in [7, 11) is 0. The van der Waals surface area contributed by atoms with Gasteiger partial charge in [-0.15, -0.1) is 11.6 Å². The van der Waals surface area contributed by atoms with E-state index in [0.717, 1.165) is 12.0 Å². The molecule has 3 nitrogen and oxygen atoms in total. The van der Waals surface area contributed by atoms with Gasteiger partial charge in [0.1, 0.15) is 6.10 Å². The zero-order chi connectivity index (χ0) is 13.2. The minimum absolute atomic E-state index is 0.216. The molecule has 1 aromatic carbocycles. The minimum Gasteiger partial charge on any atom is -0.459 e. The number of rotatable bonds is 8. The molecule has 100 valence electrons. The van der Waals surface area contributed by atoms with Gasteiger partial charge < -0.3 is 9.47 Å². The predicted molar refractivity (Wildman–Crippen MR) is 71.6 cm³/mol. The lowest BCUT2D eigenvalue weighted by atomic mass is 10.2. The fourth-order valence-electron chi connectivity index (χ4n) is 1.44. The molecule has 0 heterocycles. The molecule has 18 heavy (non-hydrogen) atoms. The molecule has 0 saturated heterocycles. The second kappa shape index (κ2) is 8.95. The molecular formula is C14H19ClO3. The zero-order valence-corrected chi connectivity index (χ0v) is 11.4. The van der Waals surface area contributed by atoms with E-state index in [1.54, 1.807) is 0 Å². The maximum absolute atomic E-state index is 11.3. The third-order valence-electron chi connectivity index (χ3n) is 2.34. The minimum atomic E-state index is -0.366. The van der Waals surface area contributed by atoms with Gasteiger partial charge in [0.15, 0.2) is 0 Å². The quantitative estimate of drug-likeness (QED) is 0.538. The van der Waals surface area contributed by atoms with Crippen molar-refractivity contribution in [3.63, 3.8) is 0 Å². The van der Waals surface area contributed by atoms with Crippen molar-refractivity contribution < 1.29 is 14.3 Å². The Bertz CT molecular complexity index is 340. The van der Waals surface area contributed by atoms with Crippen LogP contribution >= 0.6 is 11.6 Å². The summed E-state index contributed by atoms with van der Waals surface area (Å²) >= 11 is 5.74. The van der Waals surface area contributed by atoms with Gasteiger partial charge in [-0.1, -0.05) is 37.3 Å². The third-order valence-corrected chi connectivity index (χ3v) is 2.68. The highest BCUT2D eigenvalue weighted by Gasteiger charge is 2.12. The third kappa shape index (κ3) is 6.03. The van der Waals surface area contributed by atoms with E-state index in [4.69, 9.17) is 21.1 Å². The van der Waals surface area contributed by atoms with Gasteiger partial charge in [0.25, 0.3) is 0 Å². The molecule has 4 heteroatoms. The maximum atomic E-state index is 11.3. The standard InChI is InChI=1S/C14H19ClO3/c1-2-6-14(16)18-13(9-15)11-17-10-12-7-4-3-5-8-12/h3-5,7-8,13H,2,6,9-11H2,1H3/t13-/m1/s1. The summed E-state index contributed by atoms with van der Waals surface area (Å²) in [6.45, 7) is 2.76. The van der Waals surface area contributed by atoms with Crippen molar-refractivity contribution in [1.82, 2.24) is 0 Å². The molecule has 0 aromatic heterocycles. The Morgan fingerprint density at radius 2 is 2.06 bits per heavy atom. The summed E-state index contributed by atoms with van der Waals surface area (Å²) in [6.07, 6.45) is 0.833. The lowest BCUT2D eigenvalue weighted by molar-refractivity contribution is -0.151. The van der Waals surface area contributed by atoms with Gasteiger partial charge in [-0.25, -0.2) is 0 Å². The molecule has 0 fully saturated rings. The van der Waals surface area contributed by atoms with Crippen molar-refractivity contribution in [2.24, 2.45) is 0 Å². The van der Waals surface area contributed by atoms with Crippen LogP contribution in [0.3, 0.4) is 0 Å². The Hall–Kier alpha value is -1.06. The van der Waals surface area contributed by atoms with Gasteiger partial charge in [0, 0.05) is 6.42 Å². The number of halogens is 1. The first-order chi connectivity index (χ1) is 8.76. The molecule has 0 saturated carbocycles. The normalized spacial score (nSPS) is 12.1. The van der Waals surface area contributed by atoms with E-state index in [1.165, 1.54) is 0 Å². The Kier molecular flexibility index (Phi) is 7.46. The van der Waals surface area contributed by atoms with Gasteiger partial charge in [-0.05, 0) is 12.0 Å². The summed E-state index contributed by atoms with van der Waals surface area (Å²) in [4.78, 5) is 11.3. The molecule has 1 atom stereocenters. The Morgan fingerprint density at radius 3 is 2.67 bits per heavy atom. The molecule has 0 spiro atoms. The fourth-order valence-corrected chi connectivity index (χ4v) is 1.59. The van der Waals surface area contributed by atoms with Crippen molar-refractivity contribution in [1.29, 1.82) is 0 Å². The number of esters is 1. The summed E-state index contributed by atoms with van der Waals surface area (Å²) < 4.78 is 10.7. The number of hydrogen-bond acceptors (Lipinski definition) is 3. The first kappa shape index (κ1) is 15.0. The van der Waals surface area contributed by atoms with Crippen molar-refractivity contribution in [3.8, 4) is 0 Å². The van der Waals surface area contributed by atoms with Crippen LogP contribution in [0.4, 0.5) is 0 Å². The summed E-state index contributed by atoms with van der Waals surface area (Å²) in [5.74, 6) is 0.0380. The lowest BCUT2D eigenvalue weighted by Gasteiger charge is -2.15. The monoisotopic (exact) mass is 270 g/mol. The van der Waals surface area contributed by atoms with E-state index in [2.05, 4.69) is 0 Å². The van der Waals surface area contributed by atoms with Crippen LogP contribution in [0.2, 0.25) is 0 Å². The van der Waals surface area contributed by atoms with Crippen LogP contribution in [0.5, 0.6) is 0 Å². The molecular weight excluding hydrogens is 252 g/mol. The van der Waals surface area contributed by atoms with Crippen LogP contribution < -0.4 is 0 Å². The lowest BCUT2D eigenvalue weighted by Crippen LogP contribution is -2.25. The van der Waals surface area contributed by atoms with Crippen molar-refractivity contribution >= 4 is 17.6 Å². The van der Waals surface area contributed by atoms with Crippen molar-refractivity contribution in [2.75, 3.05) is 12.5 Å². The molecule has 0 amide bonds. The first-order valence-corrected chi connectivity index (χ1v) is 6.66. The van der Waals surface area contributed by atoms with Crippen molar-refractivity contribution in [2.45, 2.75) is 32.5 Å². The average molecular weight is 271 g/mol. The molecule has 0 aliphatic heterocycles. The number of alkyl halides is 1. The van der Waals surface area contributed by atoms with E-state index in [9.17, 15) is 4.79 Å². The van der Waals surface area contributed by atoms with Crippen LogP contribution in [0.1, 0.15) is 25.3 Å². The Morgan fingerprint density at radius 1 is 1.33 bits per heavy atom. The molecule has 0 radical (unpaired) electrons. The predicted octanol–water partition coefficient (Wildman–Crippen LogP) is 3.15. The number of carbonyl (C=O) groups is 1. The number of ether oxygens (including phenoxy) is 2. The van der Waals surface area contributed by atoms with E-state index >= 15 is 0 Å². The summed E-state index contributed by atoms with van der Waals surface area (Å²) in [5, 5.41) is 0. The summed E-state index contributed by atoms with van der Waals surface area (Å²) in [6, 6.07) is 9.84. The van der Waals surface area contributed by atoms with Crippen LogP contribution in [-0.2, 0) is 20.9 Å². The highest BCUT2D eigenvalue weighted by Crippen LogP contribution is 2.05. The smallest absolute Gasteiger partial charge is 0.306 e. The Labute approximate surface area is 113 Å². The topological polar surface area (TPSA) is 35.5 Å². The molecule has 1 rings (SSSR count). The first-order valence-electron chi connectivity index (χ1n) is 6.13. The SMILES string of the molecule is CCCC(=O)O[C@H](CCl)COCc1ccccc1. The second-order valence-corrected chi connectivity index (χ2v) is 4.33. The molecule has 0 N–H and O–H groups in total. The molecule has 0 aliphatic rings. The highest BCUT2D eigenvalue weighted by atomic mass is 35.5. The maximum Gasteiger partial charge on any atom is 0.306 e. The van der Waals surface area contributed by atoms with E-state index in [0.29, 0.717) is 19.6 Å². The van der Waals surface area contributed by atoms with E-state index in [1.807, 2.05) is 37.3 Å². The second-order valence-electron chi connectivity index (χ2n) is 4.02.